The molecule has 27 heavy (non-hydrogen) atoms. The molecule has 2 aromatic heterocycles. The highest BCUT2D eigenvalue weighted by molar-refractivity contribution is 7.98. The highest BCUT2D eigenvalue weighted by Crippen LogP contribution is 2.28. The monoisotopic (exact) mass is 399 g/mol. The van der Waals surface area contributed by atoms with Gasteiger partial charge in [-0.1, -0.05) is 29.4 Å². The smallest absolute Gasteiger partial charge is 0.277 e. The van der Waals surface area contributed by atoms with Crippen molar-refractivity contribution in [3.63, 3.8) is 0 Å². The minimum atomic E-state index is 0.458. The van der Waals surface area contributed by atoms with Crippen molar-refractivity contribution < 1.29 is 13.6 Å². The highest BCUT2D eigenvalue weighted by Gasteiger charge is 2.12. The quantitative estimate of drug-likeness (QED) is 0.405. The van der Waals surface area contributed by atoms with Gasteiger partial charge in [0, 0.05) is 21.9 Å². The van der Waals surface area contributed by atoms with Gasteiger partial charge < -0.3 is 13.6 Å². The Morgan fingerprint density at radius 1 is 1.04 bits per heavy atom. The number of oxazole rings is 1. The lowest BCUT2D eigenvalue weighted by molar-refractivity contribution is 0.414. The van der Waals surface area contributed by atoms with Gasteiger partial charge in [0.05, 0.1) is 12.8 Å². The fourth-order valence-electron chi connectivity index (χ4n) is 2.38. The molecule has 0 fully saturated rings. The van der Waals surface area contributed by atoms with E-state index in [2.05, 4.69) is 15.2 Å². The van der Waals surface area contributed by atoms with Crippen LogP contribution in [0.5, 0.6) is 5.75 Å². The van der Waals surface area contributed by atoms with Crippen LogP contribution in [-0.4, -0.2) is 22.3 Å². The molecule has 0 unspecified atom stereocenters. The number of ether oxygens (including phenoxy) is 1. The van der Waals surface area contributed by atoms with Crippen molar-refractivity contribution in [3.8, 4) is 28.7 Å². The molecule has 2 heterocycles. The number of benzene rings is 2. The fraction of sp³-hybridized carbons (Fsp3) is 0.105. The molecule has 2 aromatic carbocycles. The number of halogens is 1. The van der Waals surface area contributed by atoms with Gasteiger partial charge in [-0.3, -0.25) is 0 Å². The molecule has 0 saturated heterocycles. The highest BCUT2D eigenvalue weighted by atomic mass is 35.5. The van der Waals surface area contributed by atoms with E-state index >= 15 is 0 Å². The summed E-state index contributed by atoms with van der Waals surface area (Å²) in [4.78, 5) is 4.47. The van der Waals surface area contributed by atoms with Crippen LogP contribution in [0.4, 0.5) is 0 Å². The zero-order chi connectivity index (χ0) is 18.6. The number of rotatable bonds is 6. The van der Waals surface area contributed by atoms with Gasteiger partial charge in [-0.25, -0.2) is 4.98 Å². The van der Waals surface area contributed by atoms with E-state index in [1.165, 1.54) is 11.8 Å². The SMILES string of the molecule is COc1ccc(-c2nnc(SCc3coc(-c4cccc(Cl)c4)n3)o2)cc1. The van der Waals surface area contributed by atoms with Crippen LogP contribution in [0.2, 0.25) is 5.02 Å². The number of methoxy groups -OCH3 is 1. The molecule has 0 N–H and O–H groups in total. The molecule has 0 radical (unpaired) electrons. The lowest BCUT2D eigenvalue weighted by Crippen LogP contribution is -1.82. The first kappa shape index (κ1) is 17.6. The topological polar surface area (TPSA) is 74.2 Å². The van der Waals surface area contributed by atoms with Gasteiger partial charge >= 0.3 is 0 Å². The van der Waals surface area contributed by atoms with Crippen molar-refractivity contribution in [2.75, 3.05) is 7.11 Å². The maximum absolute atomic E-state index is 6.00. The summed E-state index contributed by atoms with van der Waals surface area (Å²) < 4.78 is 16.4. The van der Waals surface area contributed by atoms with Gasteiger partial charge in [0.15, 0.2) is 0 Å². The van der Waals surface area contributed by atoms with Crippen molar-refractivity contribution in [3.05, 3.63) is 65.5 Å². The van der Waals surface area contributed by atoms with Crippen LogP contribution in [0.15, 0.2) is 68.9 Å². The summed E-state index contributed by atoms with van der Waals surface area (Å²) in [7, 11) is 1.62. The Bertz CT molecular complexity index is 1050. The van der Waals surface area contributed by atoms with E-state index < -0.39 is 0 Å². The second kappa shape index (κ2) is 7.85. The molecule has 8 heteroatoms. The van der Waals surface area contributed by atoms with Crippen LogP contribution < -0.4 is 4.74 Å². The van der Waals surface area contributed by atoms with E-state index in [-0.39, 0.29) is 0 Å². The van der Waals surface area contributed by atoms with Crippen molar-refractivity contribution >= 4 is 23.4 Å². The normalized spacial score (nSPS) is 10.9. The summed E-state index contributed by atoms with van der Waals surface area (Å²) in [6.07, 6.45) is 1.62. The number of aromatic nitrogens is 3. The van der Waals surface area contributed by atoms with Crippen LogP contribution in [-0.2, 0) is 5.75 Å². The summed E-state index contributed by atoms with van der Waals surface area (Å²) in [6.45, 7) is 0. The largest absolute Gasteiger partial charge is 0.497 e. The van der Waals surface area contributed by atoms with Crippen molar-refractivity contribution in [2.45, 2.75) is 11.0 Å². The molecule has 136 valence electrons. The molecule has 0 amide bonds. The summed E-state index contributed by atoms with van der Waals surface area (Å²) in [5.41, 5.74) is 2.44. The lowest BCUT2D eigenvalue weighted by Gasteiger charge is -1.99. The average molecular weight is 400 g/mol. The summed E-state index contributed by atoms with van der Waals surface area (Å²) in [6, 6.07) is 14.8. The Balaban J connectivity index is 1.41. The number of nitrogens with zero attached hydrogens (tertiary/aromatic N) is 3. The van der Waals surface area contributed by atoms with Crippen LogP contribution in [0.3, 0.4) is 0 Å². The molecule has 0 atom stereocenters. The van der Waals surface area contributed by atoms with Gasteiger partial charge in [-0.2, -0.15) is 0 Å². The Hall–Kier alpha value is -2.77. The van der Waals surface area contributed by atoms with Gasteiger partial charge in [-0.05, 0) is 42.5 Å². The molecule has 0 aliphatic heterocycles. The van der Waals surface area contributed by atoms with E-state index in [1.54, 1.807) is 19.4 Å². The Morgan fingerprint density at radius 3 is 2.67 bits per heavy atom. The van der Waals surface area contributed by atoms with Crippen molar-refractivity contribution in [1.29, 1.82) is 0 Å². The molecule has 0 saturated carbocycles. The van der Waals surface area contributed by atoms with E-state index in [0.717, 1.165) is 22.6 Å². The fourth-order valence-corrected chi connectivity index (χ4v) is 3.21. The molecular weight excluding hydrogens is 386 g/mol. The van der Waals surface area contributed by atoms with Gasteiger partial charge in [-0.15, -0.1) is 10.2 Å². The predicted molar refractivity (Wildman–Crippen MR) is 103 cm³/mol. The Labute approximate surface area is 164 Å². The maximum Gasteiger partial charge on any atom is 0.277 e. The van der Waals surface area contributed by atoms with Crippen LogP contribution in [0.25, 0.3) is 22.9 Å². The molecule has 0 spiro atoms. The number of hydrogen-bond acceptors (Lipinski definition) is 7. The average Bonchev–Trinajstić information content (AvgIpc) is 3.36. The summed E-state index contributed by atoms with van der Waals surface area (Å²) in [5, 5.41) is 9.25. The third-order valence-corrected chi connectivity index (χ3v) is 4.80. The van der Waals surface area contributed by atoms with Gasteiger partial charge in [0.1, 0.15) is 12.0 Å². The second-order valence-corrected chi connectivity index (χ2v) is 6.91. The maximum atomic E-state index is 6.00. The molecule has 6 nitrogen and oxygen atoms in total. The Morgan fingerprint density at radius 2 is 1.89 bits per heavy atom. The summed E-state index contributed by atoms with van der Waals surface area (Å²) in [5.74, 6) is 2.31. The van der Waals surface area contributed by atoms with Crippen molar-refractivity contribution in [1.82, 2.24) is 15.2 Å². The predicted octanol–water partition coefficient (Wildman–Crippen LogP) is 5.35. The van der Waals surface area contributed by atoms with Crippen LogP contribution in [0.1, 0.15) is 5.69 Å². The molecule has 0 aliphatic rings. The van der Waals surface area contributed by atoms with E-state index in [1.807, 2.05) is 42.5 Å². The minimum Gasteiger partial charge on any atom is -0.497 e. The molecule has 4 rings (SSSR count). The lowest BCUT2D eigenvalue weighted by atomic mass is 10.2. The Kier molecular flexibility index (Phi) is 5.13. The standard InChI is InChI=1S/C19H14ClN3O3S/c1-24-16-7-5-12(6-8-16)18-22-23-19(26-18)27-11-15-10-25-17(21-15)13-3-2-4-14(20)9-13/h2-10H,11H2,1H3. The second-order valence-electron chi connectivity index (χ2n) is 5.54. The molecule has 0 bridgehead atoms. The van der Waals surface area contributed by atoms with E-state index in [0.29, 0.717) is 27.8 Å². The van der Waals surface area contributed by atoms with Crippen LogP contribution in [0, 0.1) is 0 Å². The first-order chi connectivity index (χ1) is 13.2. The first-order valence-corrected chi connectivity index (χ1v) is 9.39. The van der Waals surface area contributed by atoms with Crippen molar-refractivity contribution in [2.24, 2.45) is 0 Å². The molecule has 0 aliphatic carbocycles. The number of thioether (sulfide) groups is 1. The minimum absolute atomic E-state index is 0.458. The van der Waals surface area contributed by atoms with E-state index in [9.17, 15) is 0 Å². The van der Waals surface area contributed by atoms with Crippen LogP contribution >= 0.6 is 23.4 Å². The first-order valence-electron chi connectivity index (χ1n) is 8.02. The van der Waals surface area contributed by atoms with Gasteiger partial charge in [0.2, 0.25) is 11.8 Å². The summed E-state index contributed by atoms with van der Waals surface area (Å²) >= 11 is 7.40. The zero-order valence-electron chi connectivity index (χ0n) is 14.3. The molecule has 4 aromatic rings. The third kappa shape index (κ3) is 4.15. The number of hydrogen-bond donors (Lipinski definition) is 0. The zero-order valence-corrected chi connectivity index (χ0v) is 15.8. The third-order valence-electron chi connectivity index (χ3n) is 3.71. The molecular formula is C19H14ClN3O3S. The van der Waals surface area contributed by atoms with Gasteiger partial charge in [0.25, 0.3) is 5.22 Å². The van der Waals surface area contributed by atoms with E-state index in [4.69, 9.17) is 25.2 Å².